The van der Waals surface area contributed by atoms with Gasteiger partial charge in [-0.3, -0.25) is 4.79 Å². The van der Waals surface area contributed by atoms with Crippen molar-refractivity contribution in [1.82, 2.24) is 5.32 Å². The molecule has 1 heterocycles. The highest BCUT2D eigenvalue weighted by Gasteiger charge is 2.30. The number of fused-ring (bicyclic) bond motifs is 1. The summed E-state index contributed by atoms with van der Waals surface area (Å²) >= 11 is 1.67. The normalized spacial score (nSPS) is 18.5. The summed E-state index contributed by atoms with van der Waals surface area (Å²) < 4.78 is 4.88. The number of thioether (sulfide) groups is 1. The van der Waals surface area contributed by atoms with E-state index in [2.05, 4.69) is 5.32 Å². The van der Waals surface area contributed by atoms with Crippen LogP contribution < -0.4 is 5.32 Å². The first-order valence-corrected chi connectivity index (χ1v) is 7.30. The molecular weight excluding hydrogens is 262 g/mol. The quantitative estimate of drug-likeness (QED) is 0.856. The van der Waals surface area contributed by atoms with E-state index >= 15 is 0 Å². The summed E-state index contributed by atoms with van der Waals surface area (Å²) in [6, 6.07) is 7.27. The van der Waals surface area contributed by atoms with Gasteiger partial charge in [-0.05, 0) is 25.5 Å². The predicted octanol–water partition coefficient (Wildman–Crippen LogP) is 1.94. The molecule has 2 unspecified atom stereocenters. The van der Waals surface area contributed by atoms with Gasteiger partial charge in [0.05, 0.1) is 12.5 Å². The highest BCUT2D eigenvalue weighted by atomic mass is 32.2. The Balaban J connectivity index is 2.00. The van der Waals surface area contributed by atoms with Gasteiger partial charge in [-0.1, -0.05) is 18.2 Å². The van der Waals surface area contributed by atoms with Crippen LogP contribution >= 0.6 is 11.8 Å². The number of nitrogens with one attached hydrogen (secondary N) is 1. The monoisotopic (exact) mass is 279 g/mol. The van der Waals surface area contributed by atoms with Gasteiger partial charge in [-0.25, -0.2) is 4.79 Å². The third kappa shape index (κ3) is 3.10. The molecule has 1 aliphatic heterocycles. The van der Waals surface area contributed by atoms with Crippen LogP contribution in [0.2, 0.25) is 0 Å². The highest BCUT2D eigenvalue weighted by molar-refractivity contribution is 7.99. The zero-order valence-electron chi connectivity index (χ0n) is 11.0. The fourth-order valence-electron chi connectivity index (χ4n) is 2.02. The van der Waals surface area contributed by atoms with Gasteiger partial charge in [0, 0.05) is 10.6 Å². The standard InChI is InChI=1S/C14H17NO3S/c1-3-18-14(17)9(2)15-13(16)11-8-19-12-7-5-4-6-10(11)12/h4-7,9,11H,3,8H2,1-2H3,(H,15,16). The maximum absolute atomic E-state index is 12.2. The molecule has 1 aliphatic rings. The summed E-state index contributed by atoms with van der Waals surface area (Å²) in [5.74, 6) is 0.0339. The van der Waals surface area contributed by atoms with Gasteiger partial charge in [-0.2, -0.15) is 0 Å². The first-order valence-electron chi connectivity index (χ1n) is 6.32. The molecule has 0 saturated heterocycles. The van der Waals surface area contributed by atoms with Gasteiger partial charge in [-0.15, -0.1) is 11.8 Å². The van der Waals surface area contributed by atoms with Crippen LogP contribution in [0.25, 0.3) is 0 Å². The van der Waals surface area contributed by atoms with Gasteiger partial charge in [0.25, 0.3) is 0 Å². The fraction of sp³-hybridized carbons (Fsp3) is 0.429. The second-order valence-corrected chi connectivity index (χ2v) is 5.45. The molecule has 1 N–H and O–H groups in total. The van der Waals surface area contributed by atoms with Crippen molar-refractivity contribution in [3.05, 3.63) is 29.8 Å². The van der Waals surface area contributed by atoms with E-state index in [1.54, 1.807) is 25.6 Å². The summed E-state index contributed by atoms with van der Waals surface area (Å²) in [4.78, 5) is 24.8. The van der Waals surface area contributed by atoms with Gasteiger partial charge in [0.2, 0.25) is 5.91 Å². The molecular formula is C14H17NO3S. The molecule has 0 saturated carbocycles. The van der Waals surface area contributed by atoms with Gasteiger partial charge >= 0.3 is 5.97 Å². The molecule has 19 heavy (non-hydrogen) atoms. The highest BCUT2D eigenvalue weighted by Crippen LogP contribution is 2.39. The first kappa shape index (κ1) is 13.9. The molecule has 2 rings (SSSR count). The van der Waals surface area contributed by atoms with E-state index in [1.807, 2.05) is 24.3 Å². The summed E-state index contributed by atoms with van der Waals surface area (Å²) in [7, 11) is 0. The smallest absolute Gasteiger partial charge is 0.328 e. The van der Waals surface area contributed by atoms with Gasteiger partial charge in [0.1, 0.15) is 6.04 Å². The number of rotatable bonds is 4. The number of hydrogen-bond donors (Lipinski definition) is 1. The van der Waals surface area contributed by atoms with Crippen molar-refractivity contribution < 1.29 is 14.3 Å². The van der Waals surface area contributed by atoms with Crippen LogP contribution in [0.4, 0.5) is 0 Å². The molecule has 0 bridgehead atoms. The lowest BCUT2D eigenvalue weighted by molar-refractivity contribution is -0.146. The van der Waals surface area contributed by atoms with Crippen LogP contribution in [0, 0.1) is 0 Å². The van der Waals surface area contributed by atoms with Crippen molar-refractivity contribution in [2.45, 2.75) is 30.7 Å². The van der Waals surface area contributed by atoms with E-state index in [0.717, 1.165) is 16.2 Å². The van der Waals surface area contributed by atoms with E-state index in [-0.39, 0.29) is 11.8 Å². The maximum Gasteiger partial charge on any atom is 0.328 e. The third-order valence-electron chi connectivity index (χ3n) is 3.02. The second-order valence-electron chi connectivity index (χ2n) is 4.38. The average Bonchev–Trinajstić information content (AvgIpc) is 2.82. The Morgan fingerprint density at radius 1 is 1.47 bits per heavy atom. The lowest BCUT2D eigenvalue weighted by Crippen LogP contribution is -2.42. The molecule has 5 heteroatoms. The van der Waals surface area contributed by atoms with Crippen molar-refractivity contribution in [1.29, 1.82) is 0 Å². The Bertz CT molecular complexity index is 489. The number of hydrogen-bond acceptors (Lipinski definition) is 4. The van der Waals surface area contributed by atoms with Gasteiger partial charge < -0.3 is 10.1 Å². The lowest BCUT2D eigenvalue weighted by atomic mass is 10.0. The van der Waals surface area contributed by atoms with Crippen molar-refractivity contribution in [2.24, 2.45) is 0 Å². The summed E-state index contributed by atoms with van der Waals surface area (Å²) in [6.07, 6.45) is 0. The zero-order valence-corrected chi connectivity index (χ0v) is 11.8. The summed E-state index contributed by atoms with van der Waals surface area (Å²) in [5.41, 5.74) is 1.04. The molecule has 0 spiro atoms. The summed E-state index contributed by atoms with van der Waals surface area (Å²) in [5, 5.41) is 2.72. The molecule has 4 nitrogen and oxygen atoms in total. The molecule has 0 aromatic heterocycles. The molecule has 1 aromatic rings. The predicted molar refractivity (Wildman–Crippen MR) is 74.1 cm³/mol. The van der Waals surface area contributed by atoms with Crippen LogP contribution in [0.3, 0.4) is 0 Å². The topological polar surface area (TPSA) is 55.4 Å². The Kier molecular flexibility index (Phi) is 4.47. The molecule has 1 amide bonds. The number of carbonyl (C=O) groups excluding carboxylic acids is 2. The van der Waals surface area contributed by atoms with Crippen LogP contribution in [-0.2, 0) is 14.3 Å². The number of carbonyl (C=O) groups is 2. The molecule has 102 valence electrons. The minimum Gasteiger partial charge on any atom is -0.464 e. The van der Waals surface area contributed by atoms with Crippen LogP contribution in [-0.4, -0.2) is 30.3 Å². The van der Waals surface area contributed by atoms with E-state index in [0.29, 0.717) is 6.61 Å². The first-order chi connectivity index (χ1) is 9.13. The molecule has 0 radical (unpaired) electrons. The number of amides is 1. The van der Waals surface area contributed by atoms with E-state index in [4.69, 9.17) is 4.74 Å². The minimum atomic E-state index is -0.606. The van der Waals surface area contributed by atoms with E-state index < -0.39 is 12.0 Å². The van der Waals surface area contributed by atoms with Crippen molar-refractivity contribution >= 4 is 23.6 Å². The molecule has 1 aromatic carbocycles. The van der Waals surface area contributed by atoms with E-state index in [1.165, 1.54) is 0 Å². The van der Waals surface area contributed by atoms with Crippen molar-refractivity contribution in [2.75, 3.05) is 12.4 Å². The molecule has 0 fully saturated rings. The third-order valence-corrected chi connectivity index (χ3v) is 4.20. The second kappa shape index (κ2) is 6.10. The average molecular weight is 279 g/mol. The lowest BCUT2D eigenvalue weighted by Gasteiger charge is -2.16. The van der Waals surface area contributed by atoms with Crippen LogP contribution in [0.5, 0.6) is 0 Å². The van der Waals surface area contributed by atoms with Crippen molar-refractivity contribution in [3.63, 3.8) is 0 Å². The largest absolute Gasteiger partial charge is 0.464 e. The summed E-state index contributed by atoms with van der Waals surface area (Å²) in [6.45, 7) is 3.71. The van der Waals surface area contributed by atoms with E-state index in [9.17, 15) is 9.59 Å². The fourth-order valence-corrected chi connectivity index (χ4v) is 3.25. The Labute approximate surface area is 116 Å². The number of ether oxygens (including phenoxy) is 1. The number of esters is 1. The SMILES string of the molecule is CCOC(=O)C(C)NC(=O)C1CSc2ccccc21. The Morgan fingerprint density at radius 2 is 2.21 bits per heavy atom. The maximum atomic E-state index is 12.2. The Hall–Kier alpha value is -1.49. The van der Waals surface area contributed by atoms with Crippen LogP contribution in [0.1, 0.15) is 25.3 Å². The van der Waals surface area contributed by atoms with Gasteiger partial charge in [0.15, 0.2) is 0 Å². The zero-order chi connectivity index (χ0) is 13.8. The van der Waals surface area contributed by atoms with Crippen molar-refractivity contribution in [3.8, 4) is 0 Å². The van der Waals surface area contributed by atoms with Crippen LogP contribution in [0.15, 0.2) is 29.2 Å². The minimum absolute atomic E-state index is 0.113. The Morgan fingerprint density at radius 3 is 2.95 bits per heavy atom. The number of benzene rings is 1. The molecule has 0 aliphatic carbocycles. The molecule has 2 atom stereocenters.